The summed E-state index contributed by atoms with van der Waals surface area (Å²) in [4.78, 5) is 26.9. The van der Waals surface area contributed by atoms with Crippen LogP contribution in [0.25, 0.3) is 0 Å². The summed E-state index contributed by atoms with van der Waals surface area (Å²) in [7, 11) is 0. The van der Waals surface area contributed by atoms with Crippen LogP contribution in [0.15, 0.2) is 36.5 Å². The number of aromatic nitrogens is 1. The lowest BCUT2D eigenvalue weighted by Gasteiger charge is -2.10. The van der Waals surface area contributed by atoms with E-state index in [1.807, 2.05) is 6.92 Å². The molecule has 0 spiro atoms. The van der Waals surface area contributed by atoms with Crippen LogP contribution >= 0.6 is 11.6 Å². The van der Waals surface area contributed by atoms with Crippen molar-refractivity contribution in [2.75, 3.05) is 10.6 Å². The number of nitrogens with one attached hydrogen (secondary N) is 2. The van der Waals surface area contributed by atoms with Gasteiger partial charge in [0.2, 0.25) is 5.91 Å². The van der Waals surface area contributed by atoms with Crippen molar-refractivity contribution >= 4 is 34.8 Å². The molecule has 0 aliphatic heterocycles. The number of rotatable bonds is 3. The SMILES string of the molecule is CC(=O)Nc1ccc(NC(=O)c2ccc(Cl)nc2)cc1C. The van der Waals surface area contributed by atoms with E-state index in [2.05, 4.69) is 15.6 Å². The van der Waals surface area contributed by atoms with Gasteiger partial charge in [-0.1, -0.05) is 11.6 Å². The standard InChI is InChI=1S/C15H14ClN3O2/c1-9-7-12(4-5-13(9)18-10(2)20)19-15(21)11-3-6-14(16)17-8-11/h3-8H,1-2H3,(H,18,20)(H,19,21). The Kier molecular flexibility index (Phi) is 4.55. The van der Waals surface area contributed by atoms with E-state index in [0.717, 1.165) is 5.56 Å². The summed E-state index contributed by atoms with van der Waals surface area (Å²) in [6.07, 6.45) is 1.41. The Morgan fingerprint density at radius 3 is 2.48 bits per heavy atom. The van der Waals surface area contributed by atoms with E-state index in [0.29, 0.717) is 22.1 Å². The highest BCUT2D eigenvalue weighted by Gasteiger charge is 2.08. The van der Waals surface area contributed by atoms with Gasteiger partial charge in [0.05, 0.1) is 5.56 Å². The van der Waals surface area contributed by atoms with Crippen molar-refractivity contribution in [1.29, 1.82) is 0 Å². The number of carbonyl (C=O) groups is 2. The van der Waals surface area contributed by atoms with E-state index in [9.17, 15) is 9.59 Å². The Morgan fingerprint density at radius 1 is 1.14 bits per heavy atom. The van der Waals surface area contributed by atoms with Gasteiger partial charge in [-0.25, -0.2) is 4.98 Å². The monoisotopic (exact) mass is 303 g/mol. The Bertz CT molecular complexity index is 684. The number of amides is 2. The normalized spacial score (nSPS) is 10.0. The minimum absolute atomic E-state index is 0.137. The van der Waals surface area contributed by atoms with Gasteiger partial charge in [-0.05, 0) is 42.8 Å². The van der Waals surface area contributed by atoms with Crippen molar-refractivity contribution < 1.29 is 9.59 Å². The quantitative estimate of drug-likeness (QED) is 0.855. The lowest BCUT2D eigenvalue weighted by atomic mass is 10.1. The summed E-state index contributed by atoms with van der Waals surface area (Å²) >= 11 is 5.68. The molecule has 0 fully saturated rings. The van der Waals surface area contributed by atoms with Crippen LogP contribution in [0.3, 0.4) is 0 Å². The smallest absolute Gasteiger partial charge is 0.257 e. The van der Waals surface area contributed by atoms with Crippen LogP contribution in [-0.2, 0) is 4.79 Å². The lowest BCUT2D eigenvalue weighted by molar-refractivity contribution is -0.114. The van der Waals surface area contributed by atoms with Gasteiger partial charge in [0.15, 0.2) is 0 Å². The predicted octanol–water partition coefficient (Wildman–Crippen LogP) is 3.25. The molecule has 0 aliphatic carbocycles. The minimum atomic E-state index is -0.272. The van der Waals surface area contributed by atoms with E-state index < -0.39 is 0 Å². The van der Waals surface area contributed by atoms with Crippen LogP contribution in [0.2, 0.25) is 5.15 Å². The zero-order valence-corrected chi connectivity index (χ0v) is 12.4. The van der Waals surface area contributed by atoms with Crippen molar-refractivity contribution in [3.63, 3.8) is 0 Å². The van der Waals surface area contributed by atoms with Crippen LogP contribution < -0.4 is 10.6 Å². The highest BCUT2D eigenvalue weighted by molar-refractivity contribution is 6.29. The molecule has 0 saturated heterocycles. The molecule has 0 aliphatic rings. The molecule has 0 atom stereocenters. The van der Waals surface area contributed by atoms with Gasteiger partial charge >= 0.3 is 0 Å². The Hall–Kier alpha value is -2.40. The number of halogens is 1. The van der Waals surface area contributed by atoms with Crippen LogP contribution in [0.1, 0.15) is 22.8 Å². The highest BCUT2D eigenvalue weighted by Crippen LogP contribution is 2.20. The molecule has 21 heavy (non-hydrogen) atoms. The van der Waals surface area contributed by atoms with Crippen LogP contribution in [0.5, 0.6) is 0 Å². The second kappa shape index (κ2) is 6.37. The van der Waals surface area contributed by atoms with Gasteiger partial charge in [-0.15, -0.1) is 0 Å². The Morgan fingerprint density at radius 2 is 1.90 bits per heavy atom. The average Bonchev–Trinajstić information content (AvgIpc) is 2.42. The maximum atomic E-state index is 12.0. The van der Waals surface area contributed by atoms with Crippen LogP contribution in [0.4, 0.5) is 11.4 Å². The fourth-order valence-corrected chi connectivity index (χ4v) is 1.90. The van der Waals surface area contributed by atoms with E-state index in [1.165, 1.54) is 13.1 Å². The van der Waals surface area contributed by atoms with E-state index in [-0.39, 0.29) is 11.8 Å². The van der Waals surface area contributed by atoms with E-state index >= 15 is 0 Å². The summed E-state index contributed by atoms with van der Waals surface area (Å²) in [5.41, 5.74) is 2.63. The maximum absolute atomic E-state index is 12.0. The van der Waals surface area contributed by atoms with Crippen molar-refractivity contribution in [3.8, 4) is 0 Å². The third kappa shape index (κ3) is 4.03. The van der Waals surface area contributed by atoms with Crippen LogP contribution in [-0.4, -0.2) is 16.8 Å². The largest absolute Gasteiger partial charge is 0.326 e. The number of hydrogen-bond acceptors (Lipinski definition) is 3. The molecule has 108 valence electrons. The second-order valence-corrected chi connectivity index (χ2v) is 4.92. The van der Waals surface area contributed by atoms with Gasteiger partial charge in [0, 0.05) is 24.5 Å². The lowest BCUT2D eigenvalue weighted by Crippen LogP contribution is -2.13. The maximum Gasteiger partial charge on any atom is 0.257 e. The summed E-state index contributed by atoms with van der Waals surface area (Å²) < 4.78 is 0. The average molecular weight is 304 g/mol. The zero-order valence-electron chi connectivity index (χ0n) is 11.6. The molecular formula is C15H14ClN3O2. The molecule has 2 amide bonds. The molecule has 0 radical (unpaired) electrons. The molecule has 2 N–H and O–H groups in total. The molecule has 2 aromatic rings. The molecule has 1 heterocycles. The number of anilines is 2. The summed E-state index contributed by atoms with van der Waals surface area (Å²) in [6, 6.07) is 8.41. The molecule has 0 saturated carbocycles. The van der Waals surface area contributed by atoms with Gasteiger partial charge < -0.3 is 10.6 Å². The molecular weight excluding hydrogens is 290 g/mol. The van der Waals surface area contributed by atoms with Crippen LogP contribution in [0, 0.1) is 6.92 Å². The molecule has 0 unspecified atom stereocenters. The Balaban J connectivity index is 2.12. The number of aryl methyl sites for hydroxylation is 1. The molecule has 5 nitrogen and oxygen atoms in total. The first-order valence-electron chi connectivity index (χ1n) is 6.27. The van der Waals surface area contributed by atoms with Gasteiger partial charge in [0.1, 0.15) is 5.15 Å². The topological polar surface area (TPSA) is 71.1 Å². The van der Waals surface area contributed by atoms with Crippen molar-refractivity contribution in [2.24, 2.45) is 0 Å². The van der Waals surface area contributed by atoms with Crippen molar-refractivity contribution in [3.05, 3.63) is 52.8 Å². The molecule has 0 bridgehead atoms. The first-order chi connectivity index (χ1) is 9.95. The zero-order chi connectivity index (χ0) is 15.4. The molecule has 2 rings (SSSR count). The number of carbonyl (C=O) groups excluding carboxylic acids is 2. The summed E-state index contributed by atoms with van der Waals surface area (Å²) in [5, 5.41) is 5.81. The number of nitrogens with zero attached hydrogens (tertiary/aromatic N) is 1. The molecule has 1 aromatic carbocycles. The fourth-order valence-electron chi connectivity index (χ4n) is 1.78. The first-order valence-corrected chi connectivity index (χ1v) is 6.64. The van der Waals surface area contributed by atoms with Gasteiger partial charge in [0.25, 0.3) is 5.91 Å². The molecule has 1 aromatic heterocycles. The summed E-state index contributed by atoms with van der Waals surface area (Å²) in [6.45, 7) is 3.30. The minimum Gasteiger partial charge on any atom is -0.326 e. The fraction of sp³-hybridized carbons (Fsp3) is 0.133. The van der Waals surface area contributed by atoms with E-state index in [1.54, 1.807) is 30.3 Å². The number of hydrogen-bond donors (Lipinski definition) is 2. The highest BCUT2D eigenvalue weighted by atomic mass is 35.5. The van der Waals surface area contributed by atoms with Crippen molar-refractivity contribution in [1.82, 2.24) is 4.98 Å². The molecule has 6 heteroatoms. The second-order valence-electron chi connectivity index (χ2n) is 4.53. The van der Waals surface area contributed by atoms with E-state index in [4.69, 9.17) is 11.6 Å². The first kappa shape index (κ1) is 15.0. The van der Waals surface area contributed by atoms with Gasteiger partial charge in [-0.2, -0.15) is 0 Å². The number of benzene rings is 1. The Labute approximate surface area is 127 Å². The third-order valence-corrected chi connectivity index (χ3v) is 3.01. The van der Waals surface area contributed by atoms with Crippen molar-refractivity contribution in [2.45, 2.75) is 13.8 Å². The third-order valence-electron chi connectivity index (χ3n) is 2.78. The predicted molar refractivity (Wildman–Crippen MR) is 82.7 cm³/mol. The van der Waals surface area contributed by atoms with Gasteiger partial charge in [-0.3, -0.25) is 9.59 Å². The summed E-state index contributed by atoms with van der Waals surface area (Å²) in [5.74, 6) is -0.409. The number of pyridine rings is 1.